The Morgan fingerprint density at radius 2 is 2.28 bits per heavy atom. The van der Waals surface area contributed by atoms with Crippen molar-refractivity contribution in [1.82, 2.24) is 15.1 Å². The van der Waals surface area contributed by atoms with Crippen LogP contribution >= 0.6 is 0 Å². The van der Waals surface area contributed by atoms with E-state index in [1.807, 2.05) is 11.7 Å². The fourth-order valence-electron chi connectivity index (χ4n) is 3.06. The lowest BCUT2D eigenvalue weighted by Gasteiger charge is -2.26. The van der Waals surface area contributed by atoms with Gasteiger partial charge in [0.1, 0.15) is 0 Å². The van der Waals surface area contributed by atoms with Crippen LogP contribution in [0.5, 0.6) is 0 Å². The van der Waals surface area contributed by atoms with Crippen LogP contribution in [0.4, 0.5) is 0 Å². The molecule has 18 heavy (non-hydrogen) atoms. The lowest BCUT2D eigenvalue weighted by molar-refractivity contribution is 0.273. The van der Waals surface area contributed by atoms with Crippen LogP contribution in [0.2, 0.25) is 0 Å². The molecule has 1 fully saturated rings. The van der Waals surface area contributed by atoms with Crippen LogP contribution in [0, 0.1) is 11.8 Å². The van der Waals surface area contributed by atoms with Gasteiger partial charge in [0.15, 0.2) is 0 Å². The maximum atomic E-state index is 4.48. The van der Waals surface area contributed by atoms with Crippen molar-refractivity contribution in [3.05, 3.63) is 17.5 Å². The van der Waals surface area contributed by atoms with Crippen molar-refractivity contribution in [3.8, 4) is 0 Å². The van der Waals surface area contributed by atoms with Crippen molar-refractivity contribution in [1.29, 1.82) is 0 Å². The van der Waals surface area contributed by atoms with Crippen LogP contribution in [0.3, 0.4) is 0 Å². The van der Waals surface area contributed by atoms with Gasteiger partial charge in [-0.05, 0) is 43.7 Å². The number of nitrogens with one attached hydrogen (secondary N) is 1. The van der Waals surface area contributed by atoms with E-state index in [1.54, 1.807) is 0 Å². The quantitative estimate of drug-likeness (QED) is 0.869. The van der Waals surface area contributed by atoms with Crippen molar-refractivity contribution >= 4 is 0 Å². The molecule has 1 aromatic rings. The van der Waals surface area contributed by atoms with E-state index < -0.39 is 0 Å². The van der Waals surface area contributed by atoms with Gasteiger partial charge in [0.2, 0.25) is 0 Å². The molecule has 0 saturated heterocycles. The van der Waals surface area contributed by atoms with Crippen molar-refractivity contribution in [2.45, 2.75) is 52.5 Å². The minimum atomic E-state index is 0.882. The third-order valence-electron chi connectivity index (χ3n) is 4.17. The van der Waals surface area contributed by atoms with Gasteiger partial charge in [-0.1, -0.05) is 26.7 Å². The summed E-state index contributed by atoms with van der Waals surface area (Å²) in [6.45, 7) is 6.66. The summed E-state index contributed by atoms with van der Waals surface area (Å²) < 4.78 is 2.01. The Morgan fingerprint density at radius 3 is 2.94 bits per heavy atom. The van der Waals surface area contributed by atoms with E-state index in [9.17, 15) is 0 Å². The third kappa shape index (κ3) is 3.58. The summed E-state index contributed by atoms with van der Waals surface area (Å²) in [5.74, 6) is 1.81. The Hall–Kier alpha value is -0.830. The Labute approximate surface area is 111 Å². The average molecular weight is 249 g/mol. The van der Waals surface area contributed by atoms with Crippen LogP contribution in [-0.4, -0.2) is 16.3 Å². The second kappa shape index (κ2) is 6.37. The maximum absolute atomic E-state index is 4.48. The van der Waals surface area contributed by atoms with E-state index in [-0.39, 0.29) is 0 Å². The molecular formula is C15H27N3. The van der Waals surface area contributed by atoms with Gasteiger partial charge in [0, 0.05) is 13.6 Å². The number of rotatable bonds is 5. The first-order valence-electron chi connectivity index (χ1n) is 7.41. The number of hydrogen-bond acceptors (Lipinski definition) is 2. The third-order valence-corrected chi connectivity index (χ3v) is 4.17. The van der Waals surface area contributed by atoms with Gasteiger partial charge in [-0.2, -0.15) is 5.10 Å². The first kappa shape index (κ1) is 13.6. The number of nitrogens with zero attached hydrogens (tertiary/aromatic N) is 2. The molecule has 0 bridgehead atoms. The summed E-state index contributed by atoms with van der Waals surface area (Å²) in [7, 11) is 2.04. The molecule has 3 nitrogen and oxygen atoms in total. The molecule has 0 radical (unpaired) electrons. The van der Waals surface area contributed by atoms with Gasteiger partial charge in [0.25, 0.3) is 0 Å². The molecule has 0 amide bonds. The summed E-state index contributed by atoms with van der Waals surface area (Å²) in [4.78, 5) is 0. The fourth-order valence-corrected chi connectivity index (χ4v) is 3.06. The van der Waals surface area contributed by atoms with E-state index in [2.05, 4.69) is 30.3 Å². The highest BCUT2D eigenvalue weighted by Crippen LogP contribution is 2.27. The second-order valence-electron chi connectivity index (χ2n) is 5.87. The van der Waals surface area contributed by atoms with E-state index in [4.69, 9.17) is 0 Å². The molecule has 2 rings (SSSR count). The minimum Gasteiger partial charge on any atom is -0.311 e. The van der Waals surface area contributed by atoms with Crippen molar-refractivity contribution in [3.63, 3.8) is 0 Å². The van der Waals surface area contributed by atoms with Crippen molar-refractivity contribution in [2.24, 2.45) is 18.9 Å². The summed E-state index contributed by atoms with van der Waals surface area (Å²) in [5, 5.41) is 8.09. The van der Waals surface area contributed by atoms with Crippen molar-refractivity contribution in [2.75, 3.05) is 6.54 Å². The molecule has 1 aliphatic carbocycles. The molecule has 2 atom stereocenters. The second-order valence-corrected chi connectivity index (χ2v) is 5.87. The summed E-state index contributed by atoms with van der Waals surface area (Å²) in [6, 6.07) is 2.22. The first-order chi connectivity index (χ1) is 8.69. The van der Waals surface area contributed by atoms with Crippen LogP contribution in [0.15, 0.2) is 6.07 Å². The highest BCUT2D eigenvalue weighted by atomic mass is 15.3. The van der Waals surface area contributed by atoms with Gasteiger partial charge in [-0.25, -0.2) is 0 Å². The average Bonchev–Trinajstić information content (AvgIpc) is 2.71. The van der Waals surface area contributed by atoms with Crippen LogP contribution in [0.25, 0.3) is 0 Å². The first-order valence-corrected chi connectivity index (χ1v) is 7.41. The zero-order valence-corrected chi connectivity index (χ0v) is 12.1. The maximum Gasteiger partial charge on any atom is 0.0625 e. The van der Waals surface area contributed by atoms with E-state index in [0.29, 0.717) is 0 Å². The zero-order chi connectivity index (χ0) is 13.0. The minimum absolute atomic E-state index is 0.882. The molecule has 1 aromatic heterocycles. The molecule has 1 saturated carbocycles. The molecule has 1 N–H and O–H groups in total. The topological polar surface area (TPSA) is 29.9 Å². The van der Waals surface area contributed by atoms with E-state index in [1.165, 1.54) is 37.1 Å². The number of aryl methyl sites for hydroxylation is 2. The normalized spacial score (nSPS) is 24.4. The SMILES string of the molecule is CCc1cc(CNCC2CCCC(C)C2)n(C)n1. The molecule has 1 aliphatic rings. The zero-order valence-electron chi connectivity index (χ0n) is 12.1. The van der Waals surface area contributed by atoms with Crippen LogP contribution < -0.4 is 5.32 Å². The molecule has 0 aromatic carbocycles. The lowest BCUT2D eigenvalue weighted by atomic mass is 9.82. The van der Waals surface area contributed by atoms with E-state index in [0.717, 1.165) is 31.3 Å². The summed E-state index contributed by atoms with van der Waals surface area (Å²) in [6.07, 6.45) is 6.67. The summed E-state index contributed by atoms with van der Waals surface area (Å²) >= 11 is 0. The molecule has 102 valence electrons. The van der Waals surface area contributed by atoms with Gasteiger partial charge in [-0.15, -0.1) is 0 Å². The molecule has 0 spiro atoms. The van der Waals surface area contributed by atoms with E-state index >= 15 is 0 Å². The Kier molecular flexibility index (Phi) is 4.81. The molecule has 1 heterocycles. The molecule has 2 unspecified atom stereocenters. The van der Waals surface area contributed by atoms with Crippen molar-refractivity contribution < 1.29 is 0 Å². The molecule has 3 heteroatoms. The van der Waals surface area contributed by atoms with Gasteiger partial charge >= 0.3 is 0 Å². The lowest BCUT2D eigenvalue weighted by Crippen LogP contribution is -2.27. The largest absolute Gasteiger partial charge is 0.311 e. The van der Waals surface area contributed by atoms with Crippen LogP contribution in [-0.2, 0) is 20.0 Å². The smallest absolute Gasteiger partial charge is 0.0625 e. The predicted octanol–water partition coefficient (Wildman–Crippen LogP) is 2.90. The molecule has 0 aliphatic heterocycles. The highest BCUT2D eigenvalue weighted by Gasteiger charge is 2.18. The Balaban J connectivity index is 1.75. The molecular weight excluding hydrogens is 222 g/mol. The monoisotopic (exact) mass is 249 g/mol. The van der Waals surface area contributed by atoms with Gasteiger partial charge in [0.05, 0.1) is 11.4 Å². The van der Waals surface area contributed by atoms with Crippen LogP contribution in [0.1, 0.15) is 50.9 Å². The number of hydrogen-bond donors (Lipinski definition) is 1. The van der Waals surface area contributed by atoms with Gasteiger partial charge < -0.3 is 5.32 Å². The number of aromatic nitrogens is 2. The Bertz CT molecular complexity index is 370. The Morgan fingerprint density at radius 1 is 1.44 bits per heavy atom. The predicted molar refractivity (Wildman–Crippen MR) is 75.4 cm³/mol. The summed E-state index contributed by atoms with van der Waals surface area (Å²) in [5.41, 5.74) is 2.50. The van der Waals surface area contributed by atoms with Gasteiger partial charge in [-0.3, -0.25) is 4.68 Å². The fraction of sp³-hybridized carbons (Fsp3) is 0.800. The highest BCUT2D eigenvalue weighted by molar-refractivity contribution is 5.09. The standard InChI is InChI=1S/C15H27N3/c1-4-14-9-15(18(3)17-14)11-16-10-13-7-5-6-12(2)8-13/h9,12-13,16H,4-8,10-11H2,1-3H3.